The Bertz CT molecular complexity index is 469. The van der Waals surface area contributed by atoms with E-state index in [0.29, 0.717) is 25.9 Å². The number of rotatable bonds is 5. The molecule has 0 radical (unpaired) electrons. The molecule has 0 aliphatic carbocycles. The maximum absolute atomic E-state index is 12.2. The quantitative estimate of drug-likeness (QED) is 0.872. The minimum absolute atomic E-state index is 0.00951. The zero-order valence-corrected chi connectivity index (χ0v) is 12.8. The number of hydrogen-bond donors (Lipinski definition) is 2. The third-order valence-electron chi connectivity index (χ3n) is 3.55. The molecule has 1 unspecified atom stereocenters. The highest BCUT2D eigenvalue weighted by Crippen LogP contribution is 2.18. The van der Waals surface area contributed by atoms with Gasteiger partial charge < -0.3 is 20.1 Å². The van der Waals surface area contributed by atoms with E-state index in [1.807, 2.05) is 23.8 Å². The second-order valence-corrected chi connectivity index (χ2v) is 5.90. The number of nitrogens with zero attached hydrogens (tertiary/aromatic N) is 1. The van der Waals surface area contributed by atoms with Gasteiger partial charge in [0.05, 0.1) is 12.1 Å². The number of piperidine rings is 1. The monoisotopic (exact) mass is 312 g/mol. The van der Waals surface area contributed by atoms with Crippen LogP contribution in [0.25, 0.3) is 0 Å². The molecule has 1 aliphatic heterocycles. The first-order valence-electron chi connectivity index (χ1n) is 6.97. The molecule has 2 rings (SSSR count). The van der Waals surface area contributed by atoms with Crippen LogP contribution in [-0.4, -0.2) is 47.8 Å². The van der Waals surface area contributed by atoms with Crippen molar-refractivity contribution in [3.63, 3.8) is 0 Å². The number of carbonyl (C=O) groups is 2. The van der Waals surface area contributed by atoms with Gasteiger partial charge in [0.25, 0.3) is 0 Å². The van der Waals surface area contributed by atoms with Crippen molar-refractivity contribution in [3.05, 3.63) is 22.4 Å². The van der Waals surface area contributed by atoms with Gasteiger partial charge in [0.15, 0.2) is 0 Å². The summed E-state index contributed by atoms with van der Waals surface area (Å²) in [6.45, 7) is 2.87. The van der Waals surface area contributed by atoms with Crippen molar-refractivity contribution in [2.24, 2.45) is 0 Å². The van der Waals surface area contributed by atoms with E-state index in [2.05, 4.69) is 5.32 Å². The summed E-state index contributed by atoms with van der Waals surface area (Å²) < 4.78 is 5.26. The molecule has 2 heterocycles. The lowest BCUT2D eigenvalue weighted by Crippen LogP contribution is -2.46. The zero-order chi connectivity index (χ0) is 15.2. The van der Waals surface area contributed by atoms with Crippen molar-refractivity contribution >= 4 is 23.3 Å². The molecule has 1 atom stereocenters. The fourth-order valence-electron chi connectivity index (χ4n) is 2.30. The number of carboxylic acid groups (broad SMARTS) is 1. The van der Waals surface area contributed by atoms with Gasteiger partial charge in [-0.25, -0.2) is 9.59 Å². The van der Waals surface area contributed by atoms with Gasteiger partial charge in [0, 0.05) is 13.1 Å². The van der Waals surface area contributed by atoms with Gasteiger partial charge in [0.1, 0.15) is 6.61 Å². The maximum atomic E-state index is 12.2. The van der Waals surface area contributed by atoms with Crippen LogP contribution in [0, 0.1) is 0 Å². The Hall–Kier alpha value is -1.60. The summed E-state index contributed by atoms with van der Waals surface area (Å²) in [6.07, 6.45) is 1.28. The summed E-state index contributed by atoms with van der Waals surface area (Å²) >= 11 is 1.61. The summed E-state index contributed by atoms with van der Waals surface area (Å²) in [5, 5.41) is 15.6. The van der Waals surface area contributed by atoms with Gasteiger partial charge in [-0.05, 0) is 42.2 Å². The molecule has 0 saturated carbocycles. The van der Waals surface area contributed by atoms with Gasteiger partial charge >= 0.3 is 12.0 Å². The number of ether oxygens (including phenoxy) is 1. The van der Waals surface area contributed by atoms with Gasteiger partial charge in [0.2, 0.25) is 0 Å². The Morgan fingerprint density at radius 3 is 2.81 bits per heavy atom. The largest absolute Gasteiger partial charge is 0.480 e. The van der Waals surface area contributed by atoms with E-state index in [9.17, 15) is 9.59 Å². The molecular formula is C14H20N2O4S. The predicted octanol–water partition coefficient (Wildman–Crippen LogP) is 2.08. The average molecular weight is 312 g/mol. The molecule has 21 heavy (non-hydrogen) atoms. The van der Waals surface area contributed by atoms with Crippen molar-refractivity contribution < 1.29 is 19.4 Å². The lowest BCUT2D eigenvalue weighted by Gasteiger charge is -2.32. The molecule has 2 amide bonds. The lowest BCUT2D eigenvalue weighted by molar-refractivity contribution is -0.145. The van der Waals surface area contributed by atoms with E-state index in [4.69, 9.17) is 9.84 Å². The van der Waals surface area contributed by atoms with E-state index in [1.165, 1.54) is 0 Å². The molecule has 1 aromatic rings. The molecule has 1 fully saturated rings. The summed E-state index contributed by atoms with van der Waals surface area (Å²) in [4.78, 5) is 24.4. The fraction of sp³-hybridized carbons (Fsp3) is 0.571. The summed E-state index contributed by atoms with van der Waals surface area (Å²) in [6, 6.07) is 1.91. The Balaban J connectivity index is 1.74. The van der Waals surface area contributed by atoms with Gasteiger partial charge in [-0.2, -0.15) is 11.3 Å². The van der Waals surface area contributed by atoms with Gasteiger partial charge in [-0.15, -0.1) is 0 Å². The van der Waals surface area contributed by atoms with Crippen LogP contribution in [-0.2, 0) is 9.53 Å². The van der Waals surface area contributed by atoms with Crippen LogP contribution in [0.3, 0.4) is 0 Å². The van der Waals surface area contributed by atoms with E-state index in [0.717, 1.165) is 5.56 Å². The number of carbonyl (C=O) groups excluding carboxylic acids is 1. The van der Waals surface area contributed by atoms with Gasteiger partial charge in [-0.1, -0.05) is 0 Å². The van der Waals surface area contributed by atoms with E-state index in [1.54, 1.807) is 16.2 Å². The fourth-order valence-corrected chi connectivity index (χ4v) is 3.05. The molecule has 1 aliphatic rings. The number of carboxylic acids is 1. The Kier molecular flexibility index (Phi) is 5.58. The highest BCUT2D eigenvalue weighted by atomic mass is 32.1. The first-order chi connectivity index (χ1) is 10.1. The number of hydrogen-bond acceptors (Lipinski definition) is 4. The Labute approximate surface area is 127 Å². The number of urea groups is 1. The van der Waals surface area contributed by atoms with Crippen molar-refractivity contribution in [1.29, 1.82) is 0 Å². The number of thiophene rings is 1. The van der Waals surface area contributed by atoms with Crippen LogP contribution in [0.2, 0.25) is 0 Å². The first kappa shape index (κ1) is 15.8. The second kappa shape index (κ2) is 7.42. The molecular weight excluding hydrogens is 292 g/mol. The van der Waals surface area contributed by atoms with Crippen LogP contribution in [0.1, 0.15) is 31.4 Å². The highest BCUT2D eigenvalue weighted by molar-refractivity contribution is 7.07. The number of aliphatic carboxylic acids is 1. The maximum Gasteiger partial charge on any atom is 0.329 e. The first-order valence-corrected chi connectivity index (χ1v) is 7.91. The SMILES string of the molecule is CC(NC(=O)N1CCC(OCC(=O)O)CC1)c1ccsc1. The van der Waals surface area contributed by atoms with E-state index < -0.39 is 5.97 Å². The van der Waals surface area contributed by atoms with Crippen molar-refractivity contribution in [2.75, 3.05) is 19.7 Å². The number of amides is 2. The summed E-state index contributed by atoms with van der Waals surface area (Å²) in [7, 11) is 0. The molecule has 0 aromatic carbocycles. The molecule has 1 saturated heterocycles. The normalized spacial score (nSPS) is 17.5. The molecule has 2 N–H and O–H groups in total. The van der Waals surface area contributed by atoms with Crippen LogP contribution in [0.15, 0.2) is 16.8 Å². The Morgan fingerprint density at radius 1 is 1.52 bits per heavy atom. The molecule has 6 nitrogen and oxygen atoms in total. The van der Waals surface area contributed by atoms with Crippen LogP contribution < -0.4 is 5.32 Å². The number of likely N-dealkylation sites (tertiary alicyclic amines) is 1. The average Bonchev–Trinajstić information content (AvgIpc) is 3.00. The molecule has 1 aromatic heterocycles. The molecule has 0 spiro atoms. The van der Waals surface area contributed by atoms with Gasteiger partial charge in [-0.3, -0.25) is 0 Å². The predicted molar refractivity (Wildman–Crippen MR) is 79.4 cm³/mol. The smallest absolute Gasteiger partial charge is 0.329 e. The molecule has 116 valence electrons. The minimum Gasteiger partial charge on any atom is -0.480 e. The summed E-state index contributed by atoms with van der Waals surface area (Å²) in [5.41, 5.74) is 1.10. The van der Waals surface area contributed by atoms with Crippen LogP contribution >= 0.6 is 11.3 Å². The standard InChI is InChI=1S/C14H20N2O4S/c1-10(11-4-7-21-9-11)15-14(19)16-5-2-12(3-6-16)20-8-13(17)18/h4,7,9-10,12H,2-3,5-6,8H2,1H3,(H,15,19)(H,17,18). The lowest BCUT2D eigenvalue weighted by atomic mass is 10.1. The minimum atomic E-state index is -0.959. The van der Waals surface area contributed by atoms with Crippen molar-refractivity contribution in [3.8, 4) is 0 Å². The molecule has 0 bridgehead atoms. The Morgan fingerprint density at radius 2 is 2.24 bits per heavy atom. The highest BCUT2D eigenvalue weighted by Gasteiger charge is 2.24. The second-order valence-electron chi connectivity index (χ2n) is 5.12. The van der Waals surface area contributed by atoms with Crippen LogP contribution in [0.5, 0.6) is 0 Å². The van der Waals surface area contributed by atoms with Crippen molar-refractivity contribution in [2.45, 2.75) is 31.9 Å². The van der Waals surface area contributed by atoms with E-state index in [-0.39, 0.29) is 24.8 Å². The van der Waals surface area contributed by atoms with E-state index >= 15 is 0 Å². The summed E-state index contributed by atoms with van der Waals surface area (Å²) in [5.74, 6) is -0.959. The topological polar surface area (TPSA) is 78.9 Å². The number of nitrogens with one attached hydrogen (secondary N) is 1. The van der Waals surface area contributed by atoms with Crippen LogP contribution in [0.4, 0.5) is 4.79 Å². The third-order valence-corrected chi connectivity index (χ3v) is 4.26. The zero-order valence-electron chi connectivity index (χ0n) is 11.9. The molecule has 7 heteroatoms. The van der Waals surface area contributed by atoms with Crippen molar-refractivity contribution in [1.82, 2.24) is 10.2 Å². The third kappa shape index (κ3) is 4.71.